The molecule has 0 fully saturated rings. The van der Waals surface area contributed by atoms with Crippen molar-refractivity contribution in [3.63, 3.8) is 0 Å². The molecule has 0 radical (unpaired) electrons. The van der Waals surface area contributed by atoms with Crippen molar-refractivity contribution < 1.29 is 9.90 Å². The fourth-order valence-corrected chi connectivity index (χ4v) is 0.882. The first kappa shape index (κ1) is 11.7. The number of carboxylic acids is 1. The highest BCUT2D eigenvalue weighted by molar-refractivity contribution is 5.76. The second kappa shape index (κ2) is 6.24. The molecule has 6 heteroatoms. The molecule has 0 aliphatic carbocycles. The van der Waals surface area contributed by atoms with E-state index in [1.807, 2.05) is 6.92 Å². The second-order valence-electron chi connectivity index (χ2n) is 2.54. The predicted octanol–water partition coefficient (Wildman–Crippen LogP) is -1.29. The normalized spacial score (nSPS) is 12.1. The Kier molecular flexibility index (Phi) is 5.62. The van der Waals surface area contributed by atoms with E-state index in [1.165, 1.54) is 0 Å². The van der Waals surface area contributed by atoms with Crippen LogP contribution in [0.1, 0.15) is 13.3 Å². The van der Waals surface area contributed by atoms with Gasteiger partial charge in [0.2, 0.25) is 0 Å². The lowest BCUT2D eigenvalue weighted by Crippen LogP contribution is -2.37. The van der Waals surface area contributed by atoms with Gasteiger partial charge < -0.3 is 21.9 Å². The zero-order valence-corrected chi connectivity index (χ0v) is 7.66. The van der Waals surface area contributed by atoms with E-state index >= 15 is 0 Å². The molecule has 0 aromatic rings. The number of nitrogens with two attached hydrogens (primary N) is 2. The number of rotatable bonds is 6. The van der Waals surface area contributed by atoms with Crippen LogP contribution in [0.15, 0.2) is 4.99 Å². The van der Waals surface area contributed by atoms with Crippen LogP contribution in [0.25, 0.3) is 0 Å². The molecule has 76 valence electrons. The summed E-state index contributed by atoms with van der Waals surface area (Å²) in [7, 11) is 0. The number of carbonyl (C=O) groups is 1. The molecule has 0 saturated heterocycles. The van der Waals surface area contributed by atoms with E-state index in [1.54, 1.807) is 0 Å². The van der Waals surface area contributed by atoms with Crippen LogP contribution in [0.5, 0.6) is 0 Å². The van der Waals surface area contributed by atoms with Gasteiger partial charge in [-0.2, -0.15) is 0 Å². The summed E-state index contributed by atoms with van der Waals surface area (Å²) in [6.07, 6.45) is 0.390. The SMILES string of the molecule is CCN[C@@H](CCN=C(N)N)C(=O)O. The number of guanidine groups is 1. The van der Waals surface area contributed by atoms with Crippen LogP contribution < -0.4 is 16.8 Å². The van der Waals surface area contributed by atoms with Gasteiger partial charge in [0.05, 0.1) is 0 Å². The highest BCUT2D eigenvalue weighted by Gasteiger charge is 2.14. The summed E-state index contributed by atoms with van der Waals surface area (Å²) in [5.74, 6) is -0.895. The predicted molar refractivity (Wildman–Crippen MR) is 50.4 cm³/mol. The standard InChI is InChI=1S/C7H16N4O2/c1-2-10-5(6(12)13)3-4-11-7(8)9/h5,10H,2-4H2,1H3,(H,12,13)(H4,8,9,11)/t5-/m0/s1. The Hall–Kier alpha value is -1.30. The number of aliphatic carboxylic acids is 1. The maximum Gasteiger partial charge on any atom is 0.320 e. The van der Waals surface area contributed by atoms with Crippen molar-refractivity contribution in [3.8, 4) is 0 Å². The average molecular weight is 188 g/mol. The van der Waals surface area contributed by atoms with Gasteiger partial charge in [0.25, 0.3) is 0 Å². The van der Waals surface area contributed by atoms with Gasteiger partial charge in [0.1, 0.15) is 6.04 Å². The van der Waals surface area contributed by atoms with E-state index in [0.717, 1.165) is 0 Å². The quantitative estimate of drug-likeness (QED) is 0.306. The number of hydrogen-bond acceptors (Lipinski definition) is 3. The lowest BCUT2D eigenvalue weighted by Gasteiger charge is -2.10. The lowest BCUT2D eigenvalue weighted by atomic mass is 10.2. The molecule has 0 rings (SSSR count). The minimum Gasteiger partial charge on any atom is -0.480 e. The molecule has 0 spiro atoms. The number of nitrogens with zero attached hydrogens (tertiary/aromatic N) is 1. The molecule has 0 bridgehead atoms. The smallest absolute Gasteiger partial charge is 0.320 e. The third-order valence-electron chi connectivity index (χ3n) is 1.46. The minimum atomic E-state index is -0.882. The van der Waals surface area contributed by atoms with Crippen molar-refractivity contribution in [2.45, 2.75) is 19.4 Å². The Labute approximate surface area is 77.0 Å². The Morgan fingerprint density at radius 2 is 2.23 bits per heavy atom. The van der Waals surface area contributed by atoms with E-state index in [2.05, 4.69) is 10.3 Å². The summed E-state index contributed by atoms with van der Waals surface area (Å²) in [5, 5.41) is 11.5. The zero-order valence-electron chi connectivity index (χ0n) is 7.66. The van der Waals surface area contributed by atoms with Gasteiger partial charge in [0, 0.05) is 6.54 Å². The fraction of sp³-hybridized carbons (Fsp3) is 0.714. The van der Waals surface area contributed by atoms with Crippen LogP contribution in [0.3, 0.4) is 0 Å². The van der Waals surface area contributed by atoms with Crippen molar-refractivity contribution in [1.82, 2.24) is 5.32 Å². The maximum atomic E-state index is 10.6. The Balaban J connectivity index is 3.83. The highest BCUT2D eigenvalue weighted by Crippen LogP contribution is 1.92. The number of carboxylic acid groups (broad SMARTS) is 1. The maximum absolute atomic E-state index is 10.6. The lowest BCUT2D eigenvalue weighted by molar-refractivity contribution is -0.139. The van der Waals surface area contributed by atoms with Crippen molar-refractivity contribution in [1.29, 1.82) is 0 Å². The summed E-state index contributed by atoms with van der Waals surface area (Å²) in [5.41, 5.74) is 10.2. The Morgan fingerprint density at radius 1 is 1.62 bits per heavy atom. The molecule has 13 heavy (non-hydrogen) atoms. The van der Waals surface area contributed by atoms with Crippen LogP contribution in [0, 0.1) is 0 Å². The number of hydrogen-bond donors (Lipinski definition) is 4. The molecule has 6 nitrogen and oxygen atoms in total. The molecule has 0 aliphatic rings. The first-order valence-electron chi connectivity index (χ1n) is 4.09. The summed E-state index contributed by atoms with van der Waals surface area (Å²) >= 11 is 0. The highest BCUT2D eigenvalue weighted by atomic mass is 16.4. The van der Waals surface area contributed by atoms with E-state index in [-0.39, 0.29) is 5.96 Å². The van der Waals surface area contributed by atoms with Crippen molar-refractivity contribution >= 4 is 11.9 Å². The fourth-order valence-electron chi connectivity index (χ4n) is 0.882. The Bertz CT molecular complexity index is 189. The average Bonchev–Trinajstić information content (AvgIpc) is 2.02. The van der Waals surface area contributed by atoms with E-state index in [9.17, 15) is 4.79 Å². The molecular weight excluding hydrogens is 172 g/mol. The van der Waals surface area contributed by atoms with Crippen LogP contribution >= 0.6 is 0 Å². The summed E-state index contributed by atoms with van der Waals surface area (Å²) in [6.45, 7) is 2.78. The van der Waals surface area contributed by atoms with Gasteiger partial charge in [-0.05, 0) is 13.0 Å². The van der Waals surface area contributed by atoms with E-state index < -0.39 is 12.0 Å². The van der Waals surface area contributed by atoms with Gasteiger partial charge in [-0.25, -0.2) is 0 Å². The topological polar surface area (TPSA) is 114 Å². The van der Waals surface area contributed by atoms with Gasteiger partial charge in [0.15, 0.2) is 5.96 Å². The molecule has 6 N–H and O–H groups in total. The third-order valence-corrected chi connectivity index (χ3v) is 1.46. The molecule has 0 heterocycles. The molecule has 0 aliphatic heterocycles. The van der Waals surface area contributed by atoms with Gasteiger partial charge in [-0.3, -0.25) is 9.79 Å². The molecule has 0 amide bonds. The molecule has 0 saturated carbocycles. The van der Waals surface area contributed by atoms with Gasteiger partial charge in [-0.1, -0.05) is 6.92 Å². The number of likely N-dealkylation sites (N-methyl/N-ethyl adjacent to an activating group) is 1. The number of nitrogens with one attached hydrogen (secondary N) is 1. The summed E-state index contributed by atoms with van der Waals surface area (Å²) in [6, 6.07) is -0.576. The van der Waals surface area contributed by atoms with Crippen LogP contribution in [0.4, 0.5) is 0 Å². The van der Waals surface area contributed by atoms with Crippen molar-refractivity contribution in [2.24, 2.45) is 16.5 Å². The summed E-state index contributed by atoms with van der Waals surface area (Å²) < 4.78 is 0. The van der Waals surface area contributed by atoms with Crippen LogP contribution in [-0.4, -0.2) is 36.2 Å². The minimum absolute atomic E-state index is 0.0133. The van der Waals surface area contributed by atoms with Gasteiger partial charge >= 0.3 is 5.97 Å². The molecular formula is C7H16N4O2. The first-order chi connectivity index (χ1) is 6.07. The van der Waals surface area contributed by atoms with Crippen LogP contribution in [0.2, 0.25) is 0 Å². The largest absolute Gasteiger partial charge is 0.480 e. The van der Waals surface area contributed by atoms with E-state index in [4.69, 9.17) is 16.6 Å². The monoisotopic (exact) mass is 188 g/mol. The van der Waals surface area contributed by atoms with Crippen molar-refractivity contribution in [3.05, 3.63) is 0 Å². The number of aliphatic imine (C=N–C) groups is 1. The second-order valence-corrected chi connectivity index (χ2v) is 2.54. The molecule has 0 unspecified atom stereocenters. The molecule has 1 atom stereocenters. The third kappa shape index (κ3) is 5.92. The zero-order chi connectivity index (χ0) is 10.3. The Morgan fingerprint density at radius 3 is 2.62 bits per heavy atom. The summed E-state index contributed by atoms with van der Waals surface area (Å²) in [4.78, 5) is 14.3. The van der Waals surface area contributed by atoms with Crippen LogP contribution in [-0.2, 0) is 4.79 Å². The molecule has 0 aromatic heterocycles. The first-order valence-corrected chi connectivity index (χ1v) is 4.09. The van der Waals surface area contributed by atoms with Crippen molar-refractivity contribution in [2.75, 3.05) is 13.1 Å². The van der Waals surface area contributed by atoms with E-state index in [0.29, 0.717) is 19.5 Å². The van der Waals surface area contributed by atoms with Gasteiger partial charge in [-0.15, -0.1) is 0 Å². The molecule has 0 aromatic carbocycles.